The number of hydrogen-bond donors (Lipinski definition) is 0. The van der Waals surface area contributed by atoms with Crippen LogP contribution >= 0.6 is 22.6 Å². The molecule has 4 heteroatoms. The SMILES string of the molecule is CC(C)(C)OC(=O)N1CC(CC23CC(I)(C2)C3)C1. The molecule has 0 unspecified atom stereocenters. The first-order valence-electron chi connectivity index (χ1n) is 6.86. The van der Waals surface area contributed by atoms with Crippen LogP contribution in [0.1, 0.15) is 46.5 Å². The number of alkyl halides is 1. The summed E-state index contributed by atoms with van der Waals surface area (Å²) in [6, 6.07) is 0. The van der Waals surface area contributed by atoms with E-state index in [4.69, 9.17) is 4.74 Å². The van der Waals surface area contributed by atoms with Gasteiger partial charge in [-0.05, 0) is 57.8 Å². The van der Waals surface area contributed by atoms with E-state index >= 15 is 0 Å². The Bertz CT molecular complexity index is 362. The highest BCUT2D eigenvalue weighted by Gasteiger charge is 2.66. The molecule has 4 rings (SSSR count). The van der Waals surface area contributed by atoms with Gasteiger partial charge in [-0.15, -0.1) is 0 Å². The molecule has 3 aliphatic carbocycles. The van der Waals surface area contributed by atoms with Gasteiger partial charge in [-0.3, -0.25) is 0 Å². The fourth-order valence-corrected chi connectivity index (χ4v) is 6.29. The summed E-state index contributed by atoms with van der Waals surface area (Å²) in [5, 5.41) is 0. The summed E-state index contributed by atoms with van der Waals surface area (Å²) >= 11 is 2.63. The second-order valence-electron chi connectivity index (χ2n) is 7.64. The van der Waals surface area contributed by atoms with Crippen molar-refractivity contribution in [2.75, 3.05) is 13.1 Å². The van der Waals surface area contributed by atoms with Crippen molar-refractivity contribution in [1.82, 2.24) is 4.90 Å². The minimum absolute atomic E-state index is 0.137. The van der Waals surface area contributed by atoms with Crippen molar-refractivity contribution in [3.63, 3.8) is 0 Å². The van der Waals surface area contributed by atoms with Crippen LogP contribution in [0.4, 0.5) is 4.79 Å². The first-order valence-corrected chi connectivity index (χ1v) is 7.94. The molecule has 102 valence electrons. The Hall–Kier alpha value is 0. The minimum Gasteiger partial charge on any atom is -0.444 e. The molecule has 0 aromatic rings. The highest BCUT2D eigenvalue weighted by Crippen LogP contribution is 2.74. The minimum atomic E-state index is -0.371. The monoisotopic (exact) mass is 363 g/mol. The molecule has 3 saturated carbocycles. The predicted molar refractivity (Wildman–Crippen MR) is 78.9 cm³/mol. The molecule has 0 atom stereocenters. The molecular weight excluding hydrogens is 341 g/mol. The third-order valence-electron chi connectivity index (χ3n) is 4.41. The first-order chi connectivity index (χ1) is 8.19. The van der Waals surface area contributed by atoms with Gasteiger partial charge in [0.25, 0.3) is 0 Å². The molecule has 3 nitrogen and oxygen atoms in total. The number of nitrogens with zero attached hydrogens (tertiary/aromatic N) is 1. The molecule has 4 fully saturated rings. The van der Waals surface area contributed by atoms with E-state index in [1.165, 1.54) is 25.7 Å². The van der Waals surface area contributed by atoms with E-state index < -0.39 is 0 Å². The van der Waals surface area contributed by atoms with E-state index in [1.807, 2.05) is 25.7 Å². The molecule has 18 heavy (non-hydrogen) atoms. The lowest BCUT2D eigenvalue weighted by Crippen LogP contribution is -2.65. The Morgan fingerprint density at radius 2 is 1.89 bits per heavy atom. The number of rotatable bonds is 2. The number of carbonyl (C=O) groups excluding carboxylic acids is 1. The normalized spacial score (nSPS) is 38.6. The molecule has 0 spiro atoms. The van der Waals surface area contributed by atoms with Crippen LogP contribution in [-0.4, -0.2) is 33.1 Å². The number of likely N-dealkylation sites (tertiary alicyclic amines) is 1. The molecule has 1 aliphatic heterocycles. The molecular formula is C14H22INO2. The molecule has 1 amide bonds. The quantitative estimate of drug-likeness (QED) is 0.554. The average molecular weight is 363 g/mol. The van der Waals surface area contributed by atoms with Gasteiger partial charge in [-0.2, -0.15) is 0 Å². The van der Waals surface area contributed by atoms with Crippen LogP contribution in [0.3, 0.4) is 0 Å². The third-order valence-corrected chi connectivity index (χ3v) is 5.55. The standard InChI is InChI=1S/C14H22INO2/c1-12(2,3)18-11(17)16-5-10(6-16)4-13-7-14(15,8-13)9-13/h10H,4-9H2,1-3H3. The van der Waals surface area contributed by atoms with Gasteiger partial charge in [0.15, 0.2) is 0 Å². The van der Waals surface area contributed by atoms with Gasteiger partial charge in [0.1, 0.15) is 5.60 Å². The summed E-state index contributed by atoms with van der Waals surface area (Å²) in [5.74, 6) is 0.721. The second-order valence-corrected chi connectivity index (χ2v) is 9.93. The summed E-state index contributed by atoms with van der Waals surface area (Å²) < 4.78 is 6.05. The smallest absolute Gasteiger partial charge is 0.410 e. The van der Waals surface area contributed by atoms with Crippen LogP contribution in [0.15, 0.2) is 0 Å². The van der Waals surface area contributed by atoms with E-state index in [0.717, 1.165) is 19.0 Å². The Balaban J connectivity index is 1.40. The topological polar surface area (TPSA) is 29.5 Å². The average Bonchev–Trinajstić information content (AvgIpc) is 2.01. The van der Waals surface area contributed by atoms with E-state index in [1.54, 1.807) is 0 Å². The van der Waals surface area contributed by atoms with Crippen LogP contribution in [-0.2, 0) is 4.74 Å². The molecule has 0 N–H and O–H groups in total. The van der Waals surface area contributed by atoms with Crippen molar-refractivity contribution < 1.29 is 9.53 Å². The molecule has 4 aliphatic rings. The maximum Gasteiger partial charge on any atom is 0.410 e. The largest absolute Gasteiger partial charge is 0.444 e. The van der Waals surface area contributed by atoms with E-state index in [9.17, 15) is 4.79 Å². The van der Waals surface area contributed by atoms with Crippen molar-refractivity contribution in [3.05, 3.63) is 0 Å². The fourth-order valence-electron chi connectivity index (χ4n) is 3.86. The molecule has 0 aromatic heterocycles. The fraction of sp³-hybridized carbons (Fsp3) is 0.929. The molecule has 0 radical (unpaired) electrons. The number of halogens is 1. The summed E-state index contributed by atoms with van der Waals surface area (Å²) in [7, 11) is 0. The van der Waals surface area contributed by atoms with Crippen molar-refractivity contribution in [3.8, 4) is 0 Å². The third kappa shape index (κ3) is 2.25. The number of amides is 1. The van der Waals surface area contributed by atoms with Gasteiger partial charge >= 0.3 is 6.09 Å². The Morgan fingerprint density at radius 3 is 2.33 bits per heavy atom. The van der Waals surface area contributed by atoms with Crippen molar-refractivity contribution in [2.24, 2.45) is 11.3 Å². The highest BCUT2D eigenvalue weighted by atomic mass is 127. The molecule has 2 bridgehead atoms. The van der Waals surface area contributed by atoms with E-state index in [-0.39, 0.29) is 11.7 Å². The zero-order valence-corrected chi connectivity index (χ0v) is 13.6. The summed E-state index contributed by atoms with van der Waals surface area (Å²) in [6.45, 7) is 7.58. The zero-order chi connectivity index (χ0) is 13.2. The lowest BCUT2D eigenvalue weighted by Gasteiger charge is -2.70. The zero-order valence-electron chi connectivity index (χ0n) is 11.5. The number of carbonyl (C=O) groups is 1. The van der Waals surface area contributed by atoms with E-state index in [2.05, 4.69) is 22.6 Å². The second kappa shape index (κ2) is 3.76. The van der Waals surface area contributed by atoms with Gasteiger partial charge in [0.2, 0.25) is 0 Å². The maximum atomic E-state index is 11.8. The van der Waals surface area contributed by atoms with Crippen molar-refractivity contribution in [2.45, 2.75) is 55.5 Å². The van der Waals surface area contributed by atoms with Gasteiger partial charge in [0.05, 0.1) is 0 Å². The van der Waals surface area contributed by atoms with Crippen LogP contribution in [0, 0.1) is 11.3 Å². The van der Waals surface area contributed by atoms with Crippen LogP contribution < -0.4 is 0 Å². The Morgan fingerprint density at radius 1 is 1.33 bits per heavy atom. The van der Waals surface area contributed by atoms with Crippen molar-refractivity contribution in [1.29, 1.82) is 0 Å². The summed E-state index contributed by atoms with van der Waals surface area (Å²) in [6.07, 6.45) is 5.45. The predicted octanol–water partition coefficient (Wildman–Crippen LogP) is 3.60. The van der Waals surface area contributed by atoms with E-state index in [0.29, 0.717) is 8.84 Å². The molecule has 1 saturated heterocycles. The Labute approximate surface area is 123 Å². The van der Waals surface area contributed by atoms with Crippen LogP contribution in [0.25, 0.3) is 0 Å². The van der Waals surface area contributed by atoms with Gasteiger partial charge in [-0.25, -0.2) is 4.79 Å². The van der Waals surface area contributed by atoms with Gasteiger partial charge in [-0.1, -0.05) is 22.6 Å². The molecule has 1 heterocycles. The lowest BCUT2D eigenvalue weighted by atomic mass is 9.42. The van der Waals surface area contributed by atoms with Gasteiger partial charge in [0, 0.05) is 16.5 Å². The van der Waals surface area contributed by atoms with Crippen LogP contribution in [0.2, 0.25) is 0 Å². The molecule has 0 aromatic carbocycles. The maximum absolute atomic E-state index is 11.8. The first kappa shape index (κ1) is 13.0. The lowest BCUT2D eigenvalue weighted by molar-refractivity contribution is -0.0994. The highest BCUT2D eigenvalue weighted by molar-refractivity contribution is 14.1. The van der Waals surface area contributed by atoms with Crippen molar-refractivity contribution >= 4 is 28.7 Å². The van der Waals surface area contributed by atoms with Crippen LogP contribution in [0.5, 0.6) is 0 Å². The Kier molecular flexibility index (Phi) is 2.72. The summed E-state index contributed by atoms with van der Waals surface area (Å²) in [5.41, 5.74) is 0.301. The summed E-state index contributed by atoms with van der Waals surface area (Å²) in [4.78, 5) is 13.6. The van der Waals surface area contributed by atoms with Gasteiger partial charge < -0.3 is 9.64 Å². The number of hydrogen-bond acceptors (Lipinski definition) is 2. The number of ether oxygens (including phenoxy) is 1.